The van der Waals surface area contributed by atoms with Crippen LogP contribution in [0.15, 0.2) is 36.4 Å². The van der Waals surface area contributed by atoms with Gasteiger partial charge in [0.2, 0.25) is 5.91 Å². The van der Waals surface area contributed by atoms with Crippen molar-refractivity contribution >= 4 is 32.6 Å². The molecule has 2 fully saturated rings. The average molecular weight is 312 g/mol. The maximum Gasteiger partial charge on any atom is 0.236 e. The molecule has 1 amide bonds. The largest absolute Gasteiger partial charge is 0.301 e. The van der Waals surface area contributed by atoms with Gasteiger partial charge in [-0.1, -0.05) is 49.5 Å². The van der Waals surface area contributed by atoms with Crippen LogP contribution in [0.2, 0.25) is 0 Å². The summed E-state index contributed by atoms with van der Waals surface area (Å²) in [5.74, 6) is 0.672. The van der Waals surface area contributed by atoms with Crippen LogP contribution >= 0.6 is 11.3 Å². The molecule has 22 heavy (non-hydrogen) atoms. The Morgan fingerprint density at radius 3 is 2.86 bits per heavy atom. The summed E-state index contributed by atoms with van der Waals surface area (Å²) in [6.07, 6.45) is 2.99. The number of anilines is 1. The molecular formula is C18H20N2OS. The third-order valence-electron chi connectivity index (χ3n) is 5.84. The minimum Gasteiger partial charge on any atom is -0.301 e. The first-order valence-electron chi connectivity index (χ1n) is 7.80. The van der Waals surface area contributed by atoms with E-state index < -0.39 is 0 Å². The molecule has 2 aliphatic rings. The molecule has 1 heterocycles. The predicted molar refractivity (Wildman–Crippen MR) is 90.9 cm³/mol. The highest BCUT2D eigenvalue weighted by atomic mass is 32.1. The van der Waals surface area contributed by atoms with E-state index in [-0.39, 0.29) is 16.7 Å². The lowest BCUT2D eigenvalue weighted by molar-refractivity contribution is -0.123. The maximum absolute atomic E-state index is 13.0. The van der Waals surface area contributed by atoms with Gasteiger partial charge in [-0.15, -0.1) is 0 Å². The summed E-state index contributed by atoms with van der Waals surface area (Å²) in [4.78, 5) is 17.5. The number of para-hydroxylation sites is 1. The summed E-state index contributed by atoms with van der Waals surface area (Å²) in [7, 11) is 0. The lowest BCUT2D eigenvalue weighted by atomic mass is 9.68. The molecule has 4 rings (SSSR count). The highest BCUT2D eigenvalue weighted by Crippen LogP contribution is 2.65. The Hall–Kier alpha value is -1.68. The van der Waals surface area contributed by atoms with Crippen LogP contribution < -0.4 is 5.32 Å². The second-order valence-corrected chi connectivity index (χ2v) is 8.19. The van der Waals surface area contributed by atoms with Crippen molar-refractivity contribution in [1.29, 1.82) is 0 Å². The lowest BCUT2D eigenvalue weighted by Gasteiger charge is -2.36. The zero-order chi connectivity index (χ0) is 15.5. The number of benzene rings is 1. The molecule has 0 unspecified atom stereocenters. The molecule has 1 N–H and O–H groups in total. The normalized spacial score (nSPS) is 29.2. The number of nitrogens with one attached hydrogen (secondary N) is 1. The summed E-state index contributed by atoms with van der Waals surface area (Å²) in [5.41, 5.74) is 1.74. The molecule has 1 aromatic heterocycles. The van der Waals surface area contributed by atoms with Gasteiger partial charge in [-0.3, -0.25) is 4.79 Å². The van der Waals surface area contributed by atoms with E-state index in [0.717, 1.165) is 35.1 Å². The first-order chi connectivity index (χ1) is 10.4. The number of carbonyl (C=O) groups is 1. The Bertz CT molecular complexity index is 758. The van der Waals surface area contributed by atoms with Crippen molar-refractivity contribution in [2.75, 3.05) is 5.32 Å². The van der Waals surface area contributed by atoms with Gasteiger partial charge in [-0.05, 0) is 42.7 Å². The molecular weight excluding hydrogens is 292 g/mol. The summed E-state index contributed by atoms with van der Waals surface area (Å²) in [6, 6.07) is 7.97. The van der Waals surface area contributed by atoms with E-state index in [1.807, 2.05) is 24.3 Å². The van der Waals surface area contributed by atoms with Crippen LogP contribution in [0.1, 0.15) is 33.1 Å². The van der Waals surface area contributed by atoms with Crippen LogP contribution in [0, 0.1) is 16.7 Å². The third-order valence-corrected chi connectivity index (χ3v) is 6.79. The SMILES string of the molecule is C=C1C(C)(C)[C@@H]2CC[C@]1(C(=O)Nc1nc3ccccc3s1)C2. The van der Waals surface area contributed by atoms with Crippen LogP contribution in [0.5, 0.6) is 0 Å². The molecule has 1 aromatic carbocycles. The summed E-state index contributed by atoms with van der Waals surface area (Å²) >= 11 is 1.54. The van der Waals surface area contributed by atoms with Crippen LogP contribution in [0.3, 0.4) is 0 Å². The Balaban J connectivity index is 1.64. The smallest absolute Gasteiger partial charge is 0.236 e. The molecule has 114 valence electrons. The maximum atomic E-state index is 13.0. The van der Waals surface area contributed by atoms with Crippen molar-refractivity contribution in [3.8, 4) is 0 Å². The highest BCUT2D eigenvalue weighted by molar-refractivity contribution is 7.22. The van der Waals surface area contributed by atoms with E-state index >= 15 is 0 Å². The number of thiazole rings is 1. The number of carbonyl (C=O) groups excluding carboxylic acids is 1. The van der Waals surface area contributed by atoms with Gasteiger partial charge in [0.05, 0.1) is 15.6 Å². The quantitative estimate of drug-likeness (QED) is 0.822. The van der Waals surface area contributed by atoms with E-state index in [1.54, 1.807) is 0 Å². The highest BCUT2D eigenvalue weighted by Gasteiger charge is 2.60. The van der Waals surface area contributed by atoms with E-state index in [0.29, 0.717) is 11.0 Å². The van der Waals surface area contributed by atoms with Crippen molar-refractivity contribution in [3.63, 3.8) is 0 Å². The summed E-state index contributed by atoms with van der Waals surface area (Å²) < 4.78 is 1.10. The van der Waals surface area contributed by atoms with Gasteiger partial charge in [0, 0.05) is 0 Å². The third kappa shape index (κ3) is 1.73. The topological polar surface area (TPSA) is 42.0 Å². The Labute approximate surface area is 134 Å². The van der Waals surface area contributed by atoms with Crippen molar-refractivity contribution in [3.05, 3.63) is 36.4 Å². The minimum absolute atomic E-state index is 0.0726. The van der Waals surface area contributed by atoms with Crippen LogP contribution in [-0.2, 0) is 4.79 Å². The fourth-order valence-corrected chi connectivity index (χ4v) is 5.15. The molecule has 4 heteroatoms. The van der Waals surface area contributed by atoms with Gasteiger partial charge in [0.1, 0.15) is 0 Å². The molecule has 2 aliphatic carbocycles. The van der Waals surface area contributed by atoms with Gasteiger partial charge in [0.15, 0.2) is 5.13 Å². The summed E-state index contributed by atoms with van der Waals surface area (Å²) in [5, 5.41) is 3.76. The first-order valence-corrected chi connectivity index (χ1v) is 8.62. The molecule has 0 radical (unpaired) electrons. The van der Waals surface area contributed by atoms with Crippen molar-refractivity contribution < 1.29 is 4.79 Å². The second kappa shape index (κ2) is 4.42. The number of amides is 1. The van der Waals surface area contributed by atoms with Gasteiger partial charge < -0.3 is 5.32 Å². The average Bonchev–Trinajstić information content (AvgIpc) is 3.14. The predicted octanol–water partition coefficient (Wildman–Crippen LogP) is 4.62. The fraction of sp³-hybridized carbons (Fsp3) is 0.444. The van der Waals surface area contributed by atoms with Crippen LogP contribution in [0.25, 0.3) is 10.2 Å². The molecule has 2 bridgehead atoms. The van der Waals surface area contributed by atoms with Crippen molar-refractivity contribution in [2.24, 2.45) is 16.7 Å². The second-order valence-electron chi connectivity index (χ2n) is 7.16. The van der Waals surface area contributed by atoms with E-state index in [1.165, 1.54) is 11.3 Å². The zero-order valence-electron chi connectivity index (χ0n) is 13.0. The van der Waals surface area contributed by atoms with E-state index in [9.17, 15) is 4.79 Å². The lowest BCUT2D eigenvalue weighted by Crippen LogP contribution is -2.37. The number of nitrogens with zero attached hydrogens (tertiary/aromatic N) is 1. The number of hydrogen-bond acceptors (Lipinski definition) is 3. The molecule has 2 atom stereocenters. The van der Waals surface area contributed by atoms with Gasteiger partial charge in [-0.2, -0.15) is 0 Å². The Kier molecular flexibility index (Phi) is 2.80. The Morgan fingerprint density at radius 2 is 2.18 bits per heavy atom. The monoisotopic (exact) mass is 312 g/mol. The van der Waals surface area contributed by atoms with Gasteiger partial charge in [0.25, 0.3) is 0 Å². The van der Waals surface area contributed by atoms with Crippen LogP contribution in [0.4, 0.5) is 5.13 Å². The van der Waals surface area contributed by atoms with Gasteiger partial charge in [-0.25, -0.2) is 4.98 Å². The van der Waals surface area contributed by atoms with Crippen LogP contribution in [-0.4, -0.2) is 10.9 Å². The Morgan fingerprint density at radius 1 is 1.41 bits per heavy atom. The standard InChI is InChI=1S/C18H20N2OS/c1-11-17(2,3)12-8-9-18(11,10-12)15(21)20-16-19-13-6-4-5-7-14(13)22-16/h4-7,12H,1,8-10H2,2-3H3,(H,19,20,21)/t12-,18+/m1/s1. The number of rotatable bonds is 2. The zero-order valence-corrected chi connectivity index (χ0v) is 13.8. The molecule has 0 spiro atoms. The molecule has 0 saturated heterocycles. The first kappa shape index (κ1) is 13.9. The molecule has 0 aliphatic heterocycles. The van der Waals surface area contributed by atoms with Crippen molar-refractivity contribution in [1.82, 2.24) is 4.98 Å². The summed E-state index contributed by atoms with van der Waals surface area (Å²) in [6.45, 7) is 8.75. The van der Waals surface area contributed by atoms with E-state index in [4.69, 9.17) is 0 Å². The molecule has 3 nitrogen and oxygen atoms in total. The number of aromatic nitrogens is 1. The van der Waals surface area contributed by atoms with Crippen molar-refractivity contribution in [2.45, 2.75) is 33.1 Å². The number of hydrogen-bond donors (Lipinski definition) is 1. The minimum atomic E-state index is -0.383. The van der Waals surface area contributed by atoms with E-state index in [2.05, 4.69) is 30.7 Å². The number of fused-ring (bicyclic) bond motifs is 3. The fourth-order valence-electron chi connectivity index (χ4n) is 4.28. The molecule has 2 saturated carbocycles. The molecule has 2 aromatic rings. The van der Waals surface area contributed by atoms with Gasteiger partial charge >= 0.3 is 0 Å².